The Kier molecular flexibility index (Phi) is 7.05. The van der Waals surface area contributed by atoms with Crippen LogP contribution in [0.3, 0.4) is 0 Å². The molecular weight excluding hydrogens is 314 g/mol. The molecule has 0 saturated heterocycles. The van der Waals surface area contributed by atoms with Crippen LogP contribution >= 0.6 is 0 Å². The highest BCUT2D eigenvalue weighted by molar-refractivity contribution is 7.91. The van der Waals surface area contributed by atoms with Crippen molar-refractivity contribution in [2.75, 3.05) is 32.1 Å². The van der Waals surface area contributed by atoms with Gasteiger partial charge in [0.05, 0.1) is 11.4 Å². The van der Waals surface area contributed by atoms with Gasteiger partial charge in [0.2, 0.25) is 0 Å². The molecule has 7 nitrogen and oxygen atoms in total. The van der Waals surface area contributed by atoms with Gasteiger partial charge in [-0.1, -0.05) is 20.8 Å². The minimum absolute atomic E-state index is 0.112. The molecule has 0 unspecified atom stereocenters. The van der Waals surface area contributed by atoms with Crippen molar-refractivity contribution < 1.29 is 8.42 Å². The summed E-state index contributed by atoms with van der Waals surface area (Å²) in [5, 5.41) is 7.61. The lowest BCUT2D eigenvalue weighted by atomic mass is 10.1. The van der Waals surface area contributed by atoms with Crippen LogP contribution in [-0.2, 0) is 23.4 Å². The van der Waals surface area contributed by atoms with Crippen molar-refractivity contribution >= 4 is 15.8 Å². The number of sulfone groups is 1. The lowest BCUT2D eigenvalue weighted by Crippen LogP contribution is -2.40. The predicted molar refractivity (Wildman–Crippen MR) is 94.5 cm³/mol. The van der Waals surface area contributed by atoms with Gasteiger partial charge in [-0.2, -0.15) is 5.10 Å². The number of nitrogens with one attached hydrogen (secondary N) is 1. The molecule has 8 heteroatoms. The van der Waals surface area contributed by atoms with E-state index in [9.17, 15) is 8.42 Å². The molecule has 0 radical (unpaired) electrons. The fourth-order valence-corrected chi connectivity index (χ4v) is 3.04. The number of aliphatic imine (C=N–C) groups is 1. The van der Waals surface area contributed by atoms with Gasteiger partial charge in [0, 0.05) is 51.7 Å². The molecule has 1 aromatic heterocycles. The van der Waals surface area contributed by atoms with Gasteiger partial charge in [-0.25, -0.2) is 8.42 Å². The van der Waals surface area contributed by atoms with E-state index in [1.54, 1.807) is 14.0 Å². The third kappa shape index (κ3) is 5.85. The zero-order chi connectivity index (χ0) is 17.6. The molecule has 0 saturated carbocycles. The zero-order valence-electron chi connectivity index (χ0n) is 15.0. The summed E-state index contributed by atoms with van der Waals surface area (Å²) in [4.78, 5) is 6.19. The van der Waals surface area contributed by atoms with Crippen LogP contribution < -0.4 is 5.32 Å². The van der Waals surface area contributed by atoms with Crippen molar-refractivity contribution in [3.63, 3.8) is 0 Å². The van der Waals surface area contributed by atoms with E-state index in [0.717, 1.165) is 11.3 Å². The topological polar surface area (TPSA) is 79.6 Å². The Balaban J connectivity index is 2.70. The van der Waals surface area contributed by atoms with E-state index < -0.39 is 9.84 Å². The van der Waals surface area contributed by atoms with Crippen LogP contribution in [0.2, 0.25) is 0 Å². The molecule has 1 rings (SSSR count). The summed E-state index contributed by atoms with van der Waals surface area (Å²) in [7, 11) is 2.57. The lowest BCUT2D eigenvalue weighted by Gasteiger charge is -2.22. The molecule has 0 spiro atoms. The number of guanidine groups is 1. The second-order valence-electron chi connectivity index (χ2n) is 5.93. The number of rotatable bonds is 7. The van der Waals surface area contributed by atoms with E-state index in [1.165, 1.54) is 0 Å². The number of aryl methyl sites for hydroxylation is 1. The summed E-state index contributed by atoms with van der Waals surface area (Å²) in [6.07, 6.45) is 2.01. The molecule has 0 aliphatic carbocycles. The first-order valence-electron chi connectivity index (χ1n) is 7.84. The maximum atomic E-state index is 11.5. The highest BCUT2D eigenvalue weighted by atomic mass is 32.2. The summed E-state index contributed by atoms with van der Waals surface area (Å²) < 4.78 is 24.9. The standard InChI is InChI=1S/C15H29N5O2S/c1-7-23(21,22)9-8-17-15(16-4)19(5)10-13-11-20(6)18-14(13)12(2)3/h11-12H,7-10H2,1-6H3,(H,16,17). The van der Waals surface area contributed by atoms with Gasteiger partial charge in [-0.15, -0.1) is 0 Å². The van der Waals surface area contributed by atoms with Crippen LogP contribution in [0.5, 0.6) is 0 Å². The molecule has 0 fully saturated rings. The fourth-order valence-electron chi connectivity index (χ4n) is 2.34. The van der Waals surface area contributed by atoms with Crippen LogP contribution in [0.4, 0.5) is 0 Å². The Hall–Kier alpha value is -1.57. The second-order valence-corrected chi connectivity index (χ2v) is 8.41. The molecule has 1 aromatic rings. The Labute approximate surface area is 139 Å². The smallest absolute Gasteiger partial charge is 0.193 e. The summed E-state index contributed by atoms with van der Waals surface area (Å²) >= 11 is 0. The molecule has 0 amide bonds. The minimum Gasteiger partial charge on any atom is -0.355 e. The molecule has 0 aliphatic rings. The van der Waals surface area contributed by atoms with Gasteiger partial charge in [0.15, 0.2) is 15.8 Å². The van der Waals surface area contributed by atoms with Gasteiger partial charge in [0.25, 0.3) is 0 Å². The Morgan fingerprint density at radius 1 is 1.48 bits per heavy atom. The van der Waals surface area contributed by atoms with Crippen molar-refractivity contribution in [1.82, 2.24) is 20.0 Å². The maximum Gasteiger partial charge on any atom is 0.193 e. The normalized spacial score (nSPS) is 12.7. The van der Waals surface area contributed by atoms with Crippen molar-refractivity contribution in [3.8, 4) is 0 Å². The van der Waals surface area contributed by atoms with Gasteiger partial charge in [0.1, 0.15) is 0 Å². The average molecular weight is 343 g/mol. The Bertz CT molecular complexity index is 634. The van der Waals surface area contributed by atoms with Crippen molar-refractivity contribution in [3.05, 3.63) is 17.5 Å². The first-order valence-corrected chi connectivity index (χ1v) is 9.67. The van der Waals surface area contributed by atoms with E-state index >= 15 is 0 Å². The van der Waals surface area contributed by atoms with Crippen LogP contribution in [0.15, 0.2) is 11.2 Å². The second kappa shape index (κ2) is 8.33. The maximum absolute atomic E-state index is 11.5. The zero-order valence-corrected chi connectivity index (χ0v) is 15.8. The number of hydrogen-bond donors (Lipinski definition) is 1. The number of aromatic nitrogens is 2. The lowest BCUT2D eigenvalue weighted by molar-refractivity contribution is 0.475. The first kappa shape index (κ1) is 19.5. The largest absolute Gasteiger partial charge is 0.355 e. The van der Waals surface area contributed by atoms with E-state index in [2.05, 4.69) is 29.3 Å². The van der Waals surface area contributed by atoms with Crippen LogP contribution in [-0.4, -0.2) is 61.2 Å². The molecule has 0 aromatic carbocycles. The summed E-state index contributed by atoms with van der Waals surface area (Å²) in [6, 6.07) is 0. The predicted octanol–water partition coefficient (Wildman–Crippen LogP) is 0.985. The van der Waals surface area contributed by atoms with E-state index in [-0.39, 0.29) is 11.5 Å². The molecule has 0 atom stereocenters. The molecular formula is C15H29N5O2S. The van der Waals surface area contributed by atoms with E-state index in [4.69, 9.17) is 0 Å². The first-order chi connectivity index (χ1) is 10.7. The van der Waals surface area contributed by atoms with E-state index in [1.807, 2.05) is 29.9 Å². The Morgan fingerprint density at radius 2 is 2.13 bits per heavy atom. The average Bonchev–Trinajstić information content (AvgIpc) is 2.84. The fraction of sp³-hybridized carbons (Fsp3) is 0.733. The van der Waals surface area contributed by atoms with Gasteiger partial charge in [-0.05, 0) is 5.92 Å². The molecule has 0 aliphatic heterocycles. The third-order valence-corrected chi connectivity index (χ3v) is 5.31. The van der Waals surface area contributed by atoms with Crippen LogP contribution in [0.1, 0.15) is 37.9 Å². The molecule has 1 N–H and O–H groups in total. The van der Waals surface area contributed by atoms with Crippen LogP contribution in [0.25, 0.3) is 0 Å². The molecule has 1 heterocycles. The Morgan fingerprint density at radius 3 is 2.65 bits per heavy atom. The summed E-state index contributed by atoms with van der Waals surface area (Å²) in [6.45, 7) is 6.92. The monoisotopic (exact) mass is 343 g/mol. The van der Waals surface area contributed by atoms with Crippen molar-refractivity contribution in [2.45, 2.75) is 33.2 Å². The van der Waals surface area contributed by atoms with Crippen LogP contribution in [0, 0.1) is 0 Å². The SMILES string of the molecule is CCS(=O)(=O)CCNC(=NC)N(C)Cc1cn(C)nc1C(C)C. The molecule has 23 heavy (non-hydrogen) atoms. The highest BCUT2D eigenvalue weighted by Gasteiger charge is 2.15. The van der Waals surface area contributed by atoms with Crippen molar-refractivity contribution in [2.24, 2.45) is 12.0 Å². The van der Waals surface area contributed by atoms with Gasteiger partial charge >= 0.3 is 0 Å². The highest BCUT2D eigenvalue weighted by Crippen LogP contribution is 2.18. The number of nitrogens with zero attached hydrogens (tertiary/aromatic N) is 4. The number of hydrogen-bond acceptors (Lipinski definition) is 4. The third-order valence-electron chi connectivity index (χ3n) is 3.60. The quantitative estimate of drug-likeness (QED) is 0.590. The van der Waals surface area contributed by atoms with Gasteiger partial charge in [-0.3, -0.25) is 9.67 Å². The minimum atomic E-state index is -2.97. The molecule has 132 valence electrons. The van der Waals surface area contributed by atoms with Gasteiger partial charge < -0.3 is 10.2 Å². The van der Waals surface area contributed by atoms with Crippen molar-refractivity contribution in [1.29, 1.82) is 0 Å². The summed E-state index contributed by atoms with van der Waals surface area (Å²) in [5.41, 5.74) is 2.22. The van der Waals surface area contributed by atoms with E-state index in [0.29, 0.717) is 25.0 Å². The molecule has 0 bridgehead atoms. The summed E-state index contributed by atoms with van der Waals surface area (Å²) in [5.74, 6) is 1.30.